The minimum atomic E-state index is -1.32. The first-order valence-corrected chi connectivity index (χ1v) is 17.7. The first kappa shape index (κ1) is 34.7. The summed E-state index contributed by atoms with van der Waals surface area (Å²) in [7, 11) is 0. The maximum absolute atomic E-state index is 12.7. The summed E-state index contributed by atoms with van der Waals surface area (Å²) in [6.45, 7) is 0. The van der Waals surface area contributed by atoms with Crippen LogP contribution in [0.3, 0.4) is 0 Å². The minimum absolute atomic E-state index is 0. The summed E-state index contributed by atoms with van der Waals surface area (Å²) >= 11 is 6.08. The number of hydrogen-bond acceptors (Lipinski definition) is 12. The van der Waals surface area contributed by atoms with Gasteiger partial charge in [0.05, 0.1) is 43.3 Å². The quantitative estimate of drug-likeness (QED) is 0.121. The summed E-state index contributed by atoms with van der Waals surface area (Å²) in [6.07, 6.45) is 7.70. The van der Waals surface area contributed by atoms with Gasteiger partial charge in [-0.1, -0.05) is 0 Å². The van der Waals surface area contributed by atoms with Crippen molar-refractivity contribution in [2.24, 2.45) is 0 Å². The zero-order valence-electron chi connectivity index (χ0n) is 24.4. The topological polar surface area (TPSA) is 141 Å². The number of aromatic carboxylic acids is 2. The fraction of sp³-hybridized carbons (Fsp3) is 0.125. The Morgan fingerprint density at radius 2 is 0.933 bits per heavy atom. The van der Waals surface area contributed by atoms with Gasteiger partial charge in [0.1, 0.15) is 11.2 Å². The number of thioether (sulfide) groups is 4. The Morgan fingerprint density at radius 3 is 1.24 bits per heavy atom. The molecule has 13 heteroatoms. The van der Waals surface area contributed by atoms with Crippen LogP contribution in [0.1, 0.15) is 20.7 Å². The zero-order chi connectivity index (χ0) is 31.7. The second kappa shape index (κ2) is 14.5. The van der Waals surface area contributed by atoms with Crippen molar-refractivity contribution in [1.29, 1.82) is 0 Å². The average Bonchev–Trinajstić information content (AvgIpc) is 3.04. The Balaban J connectivity index is 0.000000200. The Morgan fingerprint density at radius 1 is 0.556 bits per heavy atom. The van der Waals surface area contributed by atoms with Crippen LogP contribution in [0.15, 0.2) is 98.7 Å². The van der Waals surface area contributed by atoms with Crippen molar-refractivity contribution in [3.05, 3.63) is 92.2 Å². The number of hydrogen-bond donors (Lipinski definition) is 0. The second-order valence-corrected chi connectivity index (χ2v) is 12.7. The van der Waals surface area contributed by atoms with Gasteiger partial charge in [-0.15, -0.1) is 47.0 Å². The number of fused-ring (bicyclic) bond motifs is 4. The molecular weight excluding hydrogens is 706 g/mol. The molecule has 0 saturated carbocycles. The summed E-state index contributed by atoms with van der Waals surface area (Å²) in [4.78, 5) is 51.0. The SMILES string of the molecule is CSc1cc(SC)c2oc3ccc(C(=O)[O-])cc3c(=O)c2c1.CSc1cc(SC)c2oc3ccc(C(=O)[O-])cc3c(=O)c2c1.[Zn+2]. The van der Waals surface area contributed by atoms with Crippen LogP contribution in [-0.4, -0.2) is 37.0 Å². The minimum Gasteiger partial charge on any atom is -0.545 e. The summed E-state index contributed by atoms with van der Waals surface area (Å²) in [5.74, 6) is -2.63. The van der Waals surface area contributed by atoms with E-state index in [1.54, 1.807) is 12.1 Å². The molecule has 6 rings (SSSR count). The molecule has 45 heavy (non-hydrogen) atoms. The van der Waals surface area contributed by atoms with Crippen LogP contribution in [0.25, 0.3) is 43.9 Å². The van der Waals surface area contributed by atoms with Gasteiger partial charge in [-0.3, -0.25) is 9.59 Å². The first-order chi connectivity index (χ1) is 21.1. The number of rotatable bonds is 6. The van der Waals surface area contributed by atoms with Gasteiger partial charge < -0.3 is 28.6 Å². The molecular formula is C32H22O8S4Zn. The molecule has 4 aromatic carbocycles. The van der Waals surface area contributed by atoms with Crippen LogP contribution in [0.4, 0.5) is 0 Å². The Kier molecular flexibility index (Phi) is 11.1. The number of carbonyl (C=O) groups is 2. The monoisotopic (exact) mass is 726 g/mol. The van der Waals surface area contributed by atoms with Crippen LogP contribution in [0, 0.1) is 0 Å². The van der Waals surface area contributed by atoms with Crippen LogP contribution < -0.4 is 21.1 Å². The van der Waals surface area contributed by atoms with E-state index in [0.29, 0.717) is 33.1 Å². The Labute approximate surface area is 286 Å². The molecule has 0 aliphatic heterocycles. The molecule has 0 saturated heterocycles. The van der Waals surface area contributed by atoms with E-state index in [4.69, 9.17) is 8.83 Å². The summed E-state index contributed by atoms with van der Waals surface area (Å²) in [5.41, 5.74) is 1.27. The van der Waals surface area contributed by atoms with Crippen molar-refractivity contribution in [1.82, 2.24) is 0 Å². The molecule has 0 aliphatic rings. The third-order valence-electron chi connectivity index (χ3n) is 6.80. The standard InChI is InChI=1S/2C16H12O4S2.Zn/c2*1-21-9-6-11-14(17)10-5-8(16(18)19)3-4-12(10)20-15(11)13(7-9)22-2;/h2*3-7H,1-2H3,(H,18,19);/q;;+2/p-2. The molecule has 2 aromatic heterocycles. The number of benzene rings is 4. The molecule has 2 heterocycles. The van der Waals surface area contributed by atoms with Gasteiger partial charge >= 0.3 is 19.5 Å². The molecule has 0 spiro atoms. The first-order valence-electron chi connectivity index (χ1n) is 12.8. The number of carboxylic acids is 2. The van der Waals surface area contributed by atoms with E-state index in [2.05, 4.69) is 0 Å². The van der Waals surface area contributed by atoms with Crippen LogP contribution >= 0.6 is 47.0 Å². The Hall–Kier alpha value is -3.22. The third-order valence-corrected chi connectivity index (χ3v) is 9.70. The van der Waals surface area contributed by atoms with E-state index in [1.807, 2.05) is 37.2 Å². The van der Waals surface area contributed by atoms with Crippen LogP contribution in [0.2, 0.25) is 0 Å². The molecule has 0 amide bonds. The van der Waals surface area contributed by atoms with E-state index in [0.717, 1.165) is 19.6 Å². The van der Waals surface area contributed by atoms with Crippen LogP contribution in [-0.2, 0) is 19.5 Å². The molecule has 0 N–H and O–H groups in total. The summed E-state index contributed by atoms with van der Waals surface area (Å²) in [5, 5.41) is 23.4. The van der Waals surface area contributed by atoms with Gasteiger partial charge in [0.25, 0.3) is 0 Å². The molecule has 0 bridgehead atoms. The predicted molar refractivity (Wildman–Crippen MR) is 176 cm³/mol. The van der Waals surface area contributed by atoms with E-state index in [1.165, 1.54) is 83.4 Å². The fourth-order valence-corrected chi connectivity index (χ4v) is 6.85. The number of carboxylic acid groups (broad SMARTS) is 2. The smallest absolute Gasteiger partial charge is 0.545 e. The molecule has 224 valence electrons. The van der Waals surface area contributed by atoms with Crippen LogP contribution in [0.5, 0.6) is 0 Å². The fourth-order valence-electron chi connectivity index (χ4n) is 4.60. The van der Waals surface area contributed by atoms with E-state index >= 15 is 0 Å². The Bertz CT molecular complexity index is 2090. The van der Waals surface area contributed by atoms with Gasteiger partial charge in [-0.2, -0.15) is 0 Å². The van der Waals surface area contributed by atoms with Crippen molar-refractivity contribution in [3.63, 3.8) is 0 Å². The second-order valence-electron chi connectivity index (χ2n) is 9.27. The molecule has 0 aliphatic carbocycles. The zero-order valence-corrected chi connectivity index (χ0v) is 30.6. The largest absolute Gasteiger partial charge is 2.00 e. The van der Waals surface area contributed by atoms with E-state index in [-0.39, 0.29) is 52.2 Å². The van der Waals surface area contributed by atoms with Crippen molar-refractivity contribution < 1.29 is 48.1 Å². The maximum atomic E-state index is 12.7. The third kappa shape index (κ3) is 6.83. The molecule has 8 nitrogen and oxygen atoms in total. The van der Waals surface area contributed by atoms with Gasteiger partial charge in [0.2, 0.25) is 10.9 Å². The van der Waals surface area contributed by atoms with E-state index < -0.39 is 11.9 Å². The molecule has 0 atom stereocenters. The normalized spacial score (nSPS) is 10.9. The molecule has 6 aromatic rings. The van der Waals surface area contributed by atoms with Gasteiger partial charge in [-0.05, 0) is 96.8 Å². The molecule has 0 fully saturated rings. The van der Waals surface area contributed by atoms with Gasteiger partial charge in [0.15, 0.2) is 11.2 Å². The van der Waals surface area contributed by atoms with Crippen molar-refractivity contribution >= 4 is 103 Å². The average molecular weight is 728 g/mol. The van der Waals surface area contributed by atoms with Gasteiger partial charge in [-0.25, -0.2) is 0 Å². The molecule has 0 radical (unpaired) electrons. The predicted octanol–water partition coefficient (Wildman–Crippen LogP) is 5.50. The number of carbonyl (C=O) groups excluding carboxylic acids is 2. The molecule has 0 unspecified atom stereocenters. The maximum Gasteiger partial charge on any atom is 2.00 e. The van der Waals surface area contributed by atoms with Gasteiger partial charge in [0, 0.05) is 9.79 Å². The summed E-state index contributed by atoms with van der Waals surface area (Å²) in [6, 6.07) is 15.9. The van der Waals surface area contributed by atoms with E-state index in [9.17, 15) is 29.4 Å². The summed E-state index contributed by atoms with van der Waals surface area (Å²) < 4.78 is 11.7. The van der Waals surface area contributed by atoms with Crippen molar-refractivity contribution in [2.75, 3.05) is 25.0 Å². The van der Waals surface area contributed by atoms with Crippen molar-refractivity contribution in [3.8, 4) is 0 Å². The van der Waals surface area contributed by atoms with Crippen molar-refractivity contribution in [2.45, 2.75) is 19.6 Å².